The second kappa shape index (κ2) is 5.28. The van der Waals surface area contributed by atoms with Crippen molar-refractivity contribution in [2.24, 2.45) is 0 Å². The molecule has 1 aromatic heterocycles. The van der Waals surface area contributed by atoms with E-state index >= 15 is 0 Å². The van der Waals surface area contributed by atoms with E-state index in [-0.39, 0.29) is 0 Å². The maximum absolute atomic E-state index is 5.74. The lowest BCUT2D eigenvalue weighted by Crippen LogP contribution is -2.26. The molecule has 84 valence electrons. The Balaban J connectivity index is 2.13. The van der Waals surface area contributed by atoms with E-state index in [9.17, 15) is 0 Å². The first kappa shape index (κ1) is 11.4. The maximum atomic E-state index is 5.74. The summed E-state index contributed by atoms with van der Waals surface area (Å²) in [7, 11) is 0. The van der Waals surface area contributed by atoms with Crippen molar-refractivity contribution in [3.63, 3.8) is 0 Å². The molecule has 2 rings (SSSR count). The van der Waals surface area contributed by atoms with Gasteiger partial charge in [0.05, 0.1) is 5.52 Å². The fraction of sp³-hybridized carbons (Fsp3) is 0.308. The Hall–Kier alpha value is -1.12. The molecule has 1 N–H and O–H groups in total. The Labute approximate surface area is 101 Å². The quantitative estimate of drug-likeness (QED) is 0.823. The minimum Gasteiger partial charge on any atom is -0.309 e. The first-order valence-electron chi connectivity index (χ1n) is 5.42. The molecular formula is C13H15ClN2. The lowest BCUT2D eigenvalue weighted by atomic mass is 10.1. The monoisotopic (exact) mass is 234 g/mol. The zero-order valence-electron chi connectivity index (χ0n) is 9.28. The van der Waals surface area contributed by atoms with E-state index in [4.69, 9.17) is 11.6 Å². The van der Waals surface area contributed by atoms with Crippen LogP contribution in [0.25, 0.3) is 10.9 Å². The highest BCUT2D eigenvalue weighted by Gasteiger charge is 2.00. The van der Waals surface area contributed by atoms with Crippen molar-refractivity contribution < 1.29 is 0 Å². The smallest absolute Gasteiger partial charge is 0.0702 e. The van der Waals surface area contributed by atoms with Crippen molar-refractivity contribution in [2.75, 3.05) is 5.88 Å². The van der Waals surface area contributed by atoms with Crippen LogP contribution < -0.4 is 5.32 Å². The minimum atomic E-state index is 0.339. The molecule has 0 saturated heterocycles. The van der Waals surface area contributed by atoms with Crippen LogP contribution in [0.15, 0.2) is 36.5 Å². The van der Waals surface area contributed by atoms with E-state index < -0.39 is 0 Å². The lowest BCUT2D eigenvalue weighted by Gasteiger charge is -2.10. The van der Waals surface area contributed by atoms with Crippen LogP contribution in [0.1, 0.15) is 12.5 Å². The van der Waals surface area contributed by atoms with Gasteiger partial charge in [0, 0.05) is 30.0 Å². The highest BCUT2D eigenvalue weighted by atomic mass is 35.5. The molecule has 1 aromatic carbocycles. The third kappa shape index (κ3) is 2.71. The molecule has 3 heteroatoms. The number of alkyl halides is 1. The molecule has 0 fully saturated rings. The van der Waals surface area contributed by atoms with Gasteiger partial charge in [0.1, 0.15) is 0 Å². The molecule has 1 unspecified atom stereocenters. The number of hydrogen-bond acceptors (Lipinski definition) is 2. The fourth-order valence-electron chi connectivity index (χ4n) is 1.58. The van der Waals surface area contributed by atoms with Crippen molar-refractivity contribution in [1.82, 2.24) is 10.3 Å². The summed E-state index contributed by atoms with van der Waals surface area (Å²) in [5, 5.41) is 4.54. The van der Waals surface area contributed by atoms with Gasteiger partial charge in [0.15, 0.2) is 0 Å². The second-order valence-electron chi connectivity index (χ2n) is 3.97. The number of nitrogens with one attached hydrogen (secondary N) is 1. The van der Waals surface area contributed by atoms with Gasteiger partial charge in [-0.2, -0.15) is 0 Å². The van der Waals surface area contributed by atoms with Crippen LogP contribution in [-0.2, 0) is 6.54 Å². The summed E-state index contributed by atoms with van der Waals surface area (Å²) in [4.78, 5) is 4.29. The molecule has 1 heterocycles. The van der Waals surface area contributed by atoms with Gasteiger partial charge in [0.2, 0.25) is 0 Å². The minimum absolute atomic E-state index is 0.339. The summed E-state index contributed by atoms with van der Waals surface area (Å²) in [6, 6.07) is 10.7. The van der Waals surface area contributed by atoms with Gasteiger partial charge in [0.25, 0.3) is 0 Å². The second-order valence-corrected chi connectivity index (χ2v) is 4.28. The van der Waals surface area contributed by atoms with Crippen LogP contribution in [0.4, 0.5) is 0 Å². The summed E-state index contributed by atoms with van der Waals surface area (Å²) in [6.45, 7) is 2.92. The van der Waals surface area contributed by atoms with Crippen molar-refractivity contribution in [3.8, 4) is 0 Å². The molecule has 0 aliphatic carbocycles. The standard InChI is InChI=1S/C13H15ClN2/c1-10(8-14)16-9-11-4-5-13-12(7-11)3-2-6-15-13/h2-7,10,16H,8-9H2,1H3. The lowest BCUT2D eigenvalue weighted by molar-refractivity contribution is 0.594. The Morgan fingerprint density at radius 3 is 3.06 bits per heavy atom. The molecule has 0 spiro atoms. The first-order chi connectivity index (χ1) is 7.79. The molecule has 0 aliphatic rings. The number of halogens is 1. The average molecular weight is 235 g/mol. The Morgan fingerprint density at radius 1 is 1.38 bits per heavy atom. The van der Waals surface area contributed by atoms with Crippen LogP contribution >= 0.6 is 11.6 Å². The number of hydrogen-bond donors (Lipinski definition) is 1. The summed E-state index contributed by atoms with van der Waals surface area (Å²) in [5.41, 5.74) is 2.30. The Bertz CT molecular complexity index is 470. The first-order valence-corrected chi connectivity index (χ1v) is 5.96. The molecule has 1 atom stereocenters. The fourth-order valence-corrected chi connectivity index (χ4v) is 1.69. The largest absolute Gasteiger partial charge is 0.309 e. The maximum Gasteiger partial charge on any atom is 0.0702 e. The van der Waals surface area contributed by atoms with Crippen molar-refractivity contribution in [1.29, 1.82) is 0 Å². The topological polar surface area (TPSA) is 24.9 Å². The number of nitrogens with zero attached hydrogens (tertiary/aromatic N) is 1. The van der Waals surface area contributed by atoms with Gasteiger partial charge < -0.3 is 5.32 Å². The summed E-state index contributed by atoms with van der Waals surface area (Å²) < 4.78 is 0. The van der Waals surface area contributed by atoms with Crippen LogP contribution in [-0.4, -0.2) is 16.9 Å². The summed E-state index contributed by atoms with van der Waals surface area (Å²) in [6.07, 6.45) is 1.82. The van der Waals surface area contributed by atoms with Gasteiger partial charge in [-0.05, 0) is 30.7 Å². The van der Waals surface area contributed by atoms with E-state index in [1.165, 1.54) is 10.9 Å². The number of rotatable bonds is 4. The SMILES string of the molecule is CC(CCl)NCc1ccc2ncccc2c1. The highest BCUT2D eigenvalue weighted by Crippen LogP contribution is 2.13. The van der Waals surface area contributed by atoms with Gasteiger partial charge in [-0.15, -0.1) is 11.6 Å². The Morgan fingerprint density at radius 2 is 2.25 bits per heavy atom. The number of aromatic nitrogens is 1. The molecule has 2 nitrogen and oxygen atoms in total. The van der Waals surface area contributed by atoms with Crippen LogP contribution in [0.2, 0.25) is 0 Å². The van der Waals surface area contributed by atoms with Crippen LogP contribution in [0, 0.1) is 0 Å². The Kier molecular flexibility index (Phi) is 3.75. The molecule has 0 bridgehead atoms. The number of pyridine rings is 1. The van der Waals surface area contributed by atoms with Crippen molar-refractivity contribution in [3.05, 3.63) is 42.1 Å². The summed E-state index contributed by atoms with van der Waals surface area (Å²) in [5.74, 6) is 0.634. The predicted molar refractivity (Wildman–Crippen MR) is 68.8 cm³/mol. The summed E-state index contributed by atoms with van der Waals surface area (Å²) >= 11 is 5.74. The van der Waals surface area contributed by atoms with Gasteiger partial charge >= 0.3 is 0 Å². The molecule has 0 radical (unpaired) electrons. The molecule has 16 heavy (non-hydrogen) atoms. The van der Waals surface area contributed by atoms with Crippen LogP contribution in [0.3, 0.4) is 0 Å². The van der Waals surface area contributed by atoms with Crippen molar-refractivity contribution in [2.45, 2.75) is 19.5 Å². The van der Waals surface area contributed by atoms with E-state index in [1.807, 2.05) is 12.3 Å². The molecule has 0 amide bonds. The normalized spacial score (nSPS) is 12.9. The van der Waals surface area contributed by atoms with E-state index in [0.29, 0.717) is 11.9 Å². The zero-order valence-corrected chi connectivity index (χ0v) is 10.0. The zero-order chi connectivity index (χ0) is 11.4. The molecule has 0 saturated carbocycles. The highest BCUT2D eigenvalue weighted by molar-refractivity contribution is 6.18. The number of fused-ring (bicyclic) bond motifs is 1. The third-order valence-corrected chi connectivity index (χ3v) is 3.02. The van der Waals surface area contributed by atoms with E-state index in [2.05, 4.69) is 41.5 Å². The molecule has 2 aromatic rings. The van der Waals surface area contributed by atoms with E-state index in [1.54, 1.807) is 0 Å². The van der Waals surface area contributed by atoms with Crippen LogP contribution in [0.5, 0.6) is 0 Å². The molecular weight excluding hydrogens is 220 g/mol. The van der Waals surface area contributed by atoms with Gasteiger partial charge in [-0.1, -0.05) is 12.1 Å². The number of benzene rings is 1. The average Bonchev–Trinajstić information content (AvgIpc) is 2.35. The molecule has 0 aliphatic heterocycles. The van der Waals surface area contributed by atoms with Crippen molar-refractivity contribution >= 4 is 22.5 Å². The predicted octanol–water partition coefficient (Wildman–Crippen LogP) is 2.95. The third-order valence-electron chi connectivity index (χ3n) is 2.55. The van der Waals surface area contributed by atoms with Gasteiger partial charge in [-0.3, -0.25) is 4.98 Å². The van der Waals surface area contributed by atoms with Gasteiger partial charge in [-0.25, -0.2) is 0 Å². The van der Waals surface area contributed by atoms with E-state index in [0.717, 1.165) is 12.1 Å².